The number of nitrogens with zero attached hydrogens (tertiary/aromatic N) is 4. The summed E-state index contributed by atoms with van der Waals surface area (Å²) in [6.45, 7) is 0. The summed E-state index contributed by atoms with van der Waals surface area (Å²) in [4.78, 5) is 16.9. The molecule has 4 rings (SSSR count). The molecular formula is C21H16Cl3N5OS2. The first-order valence-electron chi connectivity index (χ1n) is 9.35. The smallest absolute Gasteiger partial charge is 0.236 e. The average Bonchev–Trinajstić information content (AvgIpc) is 3.35. The fourth-order valence-electron chi connectivity index (χ4n) is 2.85. The molecule has 1 N–H and O–H groups in total. The fourth-order valence-corrected chi connectivity index (χ4v) is 4.94. The molecule has 2 aromatic heterocycles. The first-order chi connectivity index (χ1) is 15.4. The van der Waals surface area contributed by atoms with Crippen LogP contribution in [0.4, 0.5) is 5.13 Å². The van der Waals surface area contributed by atoms with Crippen LogP contribution in [-0.4, -0.2) is 31.4 Å². The topological polar surface area (TPSA) is 72.7 Å². The van der Waals surface area contributed by atoms with E-state index in [2.05, 4.69) is 20.5 Å². The summed E-state index contributed by atoms with van der Waals surface area (Å²) in [7, 11) is 1.88. The van der Waals surface area contributed by atoms with Gasteiger partial charge < -0.3 is 9.88 Å². The maximum absolute atomic E-state index is 12.4. The van der Waals surface area contributed by atoms with Crippen LogP contribution in [0.15, 0.2) is 53.0 Å². The molecule has 11 heteroatoms. The Kier molecular flexibility index (Phi) is 7.37. The van der Waals surface area contributed by atoms with E-state index < -0.39 is 0 Å². The van der Waals surface area contributed by atoms with Crippen LogP contribution in [0.1, 0.15) is 11.4 Å². The molecule has 0 aliphatic rings. The van der Waals surface area contributed by atoms with E-state index in [0.717, 1.165) is 17.0 Å². The summed E-state index contributed by atoms with van der Waals surface area (Å²) in [6.07, 6.45) is 0.628. The van der Waals surface area contributed by atoms with Crippen LogP contribution in [0, 0.1) is 0 Å². The van der Waals surface area contributed by atoms with Gasteiger partial charge in [0.05, 0.1) is 16.5 Å². The van der Waals surface area contributed by atoms with Gasteiger partial charge in [-0.1, -0.05) is 58.7 Å². The third-order valence-corrected chi connectivity index (χ3v) is 7.07. The summed E-state index contributed by atoms with van der Waals surface area (Å²) in [5.41, 5.74) is 2.52. The van der Waals surface area contributed by atoms with Crippen LogP contribution >= 0.6 is 57.9 Å². The van der Waals surface area contributed by atoms with E-state index in [9.17, 15) is 4.79 Å². The van der Waals surface area contributed by atoms with Crippen LogP contribution in [0.2, 0.25) is 15.1 Å². The Bertz CT molecular complexity index is 1260. The Morgan fingerprint density at radius 1 is 1.09 bits per heavy atom. The van der Waals surface area contributed by atoms with Gasteiger partial charge in [0.1, 0.15) is 5.82 Å². The maximum Gasteiger partial charge on any atom is 0.236 e. The monoisotopic (exact) mass is 523 g/mol. The molecule has 2 heterocycles. The summed E-state index contributed by atoms with van der Waals surface area (Å²) in [6, 6.07) is 12.8. The highest BCUT2D eigenvalue weighted by molar-refractivity contribution is 7.99. The van der Waals surface area contributed by atoms with Gasteiger partial charge in [0.25, 0.3) is 0 Å². The summed E-state index contributed by atoms with van der Waals surface area (Å²) in [5.74, 6) is 0.809. The molecule has 0 saturated heterocycles. The molecule has 0 bridgehead atoms. The zero-order valence-electron chi connectivity index (χ0n) is 16.7. The number of thiazole rings is 1. The quantitative estimate of drug-likeness (QED) is 0.291. The first-order valence-corrected chi connectivity index (χ1v) is 12.4. The molecule has 4 aromatic rings. The van der Waals surface area contributed by atoms with E-state index in [0.29, 0.717) is 37.5 Å². The van der Waals surface area contributed by atoms with E-state index >= 15 is 0 Å². The number of thioether (sulfide) groups is 1. The highest BCUT2D eigenvalue weighted by atomic mass is 35.5. The summed E-state index contributed by atoms with van der Waals surface area (Å²) in [5, 5.41) is 16.0. The van der Waals surface area contributed by atoms with Crippen molar-refractivity contribution in [2.24, 2.45) is 7.05 Å². The van der Waals surface area contributed by atoms with Crippen molar-refractivity contribution in [3.05, 3.63) is 74.3 Å². The van der Waals surface area contributed by atoms with E-state index in [4.69, 9.17) is 34.8 Å². The second-order valence-corrected chi connectivity index (χ2v) is 9.84. The molecule has 1 amide bonds. The second-order valence-electron chi connectivity index (χ2n) is 6.76. The molecule has 0 aliphatic heterocycles. The van der Waals surface area contributed by atoms with Crippen molar-refractivity contribution in [1.82, 2.24) is 19.7 Å². The van der Waals surface area contributed by atoms with Crippen molar-refractivity contribution in [1.29, 1.82) is 0 Å². The molecule has 0 atom stereocenters. The molecule has 164 valence electrons. The Hall–Kier alpha value is -2.10. The van der Waals surface area contributed by atoms with Crippen LogP contribution in [0.25, 0.3) is 11.3 Å². The van der Waals surface area contributed by atoms with E-state index in [-0.39, 0.29) is 11.7 Å². The van der Waals surface area contributed by atoms with Gasteiger partial charge in [-0.05, 0) is 35.9 Å². The Labute approximate surface area is 207 Å². The van der Waals surface area contributed by atoms with Gasteiger partial charge in [-0.2, -0.15) is 0 Å². The third kappa shape index (κ3) is 5.63. The maximum atomic E-state index is 12.4. The number of nitrogens with one attached hydrogen (secondary N) is 1. The molecule has 0 aliphatic carbocycles. The Morgan fingerprint density at radius 2 is 1.84 bits per heavy atom. The molecule has 2 aromatic carbocycles. The lowest BCUT2D eigenvalue weighted by molar-refractivity contribution is -0.113. The zero-order valence-corrected chi connectivity index (χ0v) is 20.6. The van der Waals surface area contributed by atoms with E-state index in [1.807, 2.05) is 41.3 Å². The summed E-state index contributed by atoms with van der Waals surface area (Å²) >= 11 is 20.8. The van der Waals surface area contributed by atoms with E-state index in [1.54, 1.807) is 18.2 Å². The number of benzene rings is 2. The van der Waals surface area contributed by atoms with Gasteiger partial charge in [-0.15, -0.1) is 21.5 Å². The Balaban J connectivity index is 1.34. The molecule has 0 radical (unpaired) electrons. The largest absolute Gasteiger partial charge is 0.309 e. The van der Waals surface area contributed by atoms with Gasteiger partial charge in [0.15, 0.2) is 10.3 Å². The number of anilines is 1. The number of hydrogen-bond acceptors (Lipinski definition) is 6. The predicted octanol–water partition coefficient (Wildman–Crippen LogP) is 6.22. The van der Waals surface area contributed by atoms with Crippen molar-refractivity contribution in [2.45, 2.75) is 11.6 Å². The zero-order chi connectivity index (χ0) is 22.7. The van der Waals surface area contributed by atoms with Gasteiger partial charge in [-0.3, -0.25) is 4.79 Å². The summed E-state index contributed by atoms with van der Waals surface area (Å²) < 4.78 is 1.89. The van der Waals surface area contributed by atoms with Crippen molar-refractivity contribution in [2.75, 3.05) is 11.1 Å². The number of rotatable bonds is 7. The van der Waals surface area contributed by atoms with Crippen LogP contribution in [0.3, 0.4) is 0 Å². The lowest BCUT2D eigenvalue weighted by Gasteiger charge is -2.05. The van der Waals surface area contributed by atoms with Crippen molar-refractivity contribution in [3.8, 4) is 11.3 Å². The molecule has 32 heavy (non-hydrogen) atoms. The van der Waals surface area contributed by atoms with Gasteiger partial charge in [0.2, 0.25) is 5.91 Å². The minimum Gasteiger partial charge on any atom is -0.309 e. The molecule has 0 unspecified atom stereocenters. The second kappa shape index (κ2) is 10.2. The van der Waals surface area contributed by atoms with Crippen LogP contribution in [0.5, 0.6) is 0 Å². The molecule has 0 saturated carbocycles. The standard InChI is InChI=1S/C21H16Cl3N5OS2/c1-29-18(8-12-2-4-13(22)5-3-12)27-28-21(29)32-11-19(30)26-20-25-17(10-31-20)15-7-6-14(23)9-16(15)24/h2-7,9-10H,8,11H2,1H3,(H,25,26,30). The third-order valence-electron chi connectivity index (χ3n) is 4.49. The molecule has 0 spiro atoms. The first kappa shape index (κ1) is 23.1. The number of hydrogen-bond donors (Lipinski definition) is 1. The van der Waals surface area contributed by atoms with Gasteiger partial charge >= 0.3 is 0 Å². The number of amides is 1. The Morgan fingerprint density at radius 3 is 2.59 bits per heavy atom. The molecule has 6 nitrogen and oxygen atoms in total. The molecule has 0 fully saturated rings. The number of halogens is 3. The van der Waals surface area contributed by atoms with Crippen molar-refractivity contribution >= 4 is 68.9 Å². The van der Waals surface area contributed by atoms with Crippen LogP contribution < -0.4 is 5.32 Å². The van der Waals surface area contributed by atoms with Crippen LogP contribution in [-0.2, 0) is 18.3 Å². The van der Waals surface area contributed by atoms with Gasteiger partial charge in [0, 0.05) is 34.5 Å². The fraction of sp³-hybridized carbons (Fsp3) is 0.143. The molecular weight excluding hydrogens is 509 g/mol. The average molecular weight is 525 g/mol. The lowest BCUT2D eigenvalue weighted by Crippen LogP contribution is -2.14. The van der Waals surface area contributed by atoms with Crippen molar-refractivity contribution in [3.63, 3.8) is 0 Å². The number of aromatic nitrogens is 4. The van der Waals surface area contributed by atoms with E-state index in [1.165, 1.54) is 23.1 Å². The highest BCUT2D eigenvalue weighted by Gasteiger charge is 2.14. The number of carbonyl (C=O) groups excluding carboxylic acids is 1. The minimum atomic E-state index is -0.180. The SMILES string of the molecule is Cn1c(Cc2ccc(Cl)cc2)nnc1SCC(=O)Nc1nc(-c2ccc(Cl)cc2Cl)cs1. The van der Waals surface area contributed by atoms with Crippen molar-refractivity contribution < 1.29 is 4.79 Å². The number of carbonyl (C=O) groups is 1. The predicted molar refractivity (Wildman–Crippen MR) is 132 cm³/mol. The lowest BCUT2D eigenvalue weighted by atomic mass is 10.1. The minimum absolute atomic E-state index is 0.180. The highest BCUT2D eigenvalue weighted by Crippen LogP contribution is 2.32. The van der Waals surface area contributed by atoms with Gasteiger partial charge in [-0.25, -0.2) is 4.98 Å². The normalized spacial score (nSPS) is 11.0.